The molecule has 0 fully saturated rings. The highest BCUT2D eigenvalue weighted by Gasteiger charge is 2.11. The highest BCUT2D eigenvalue weighted by molar-refractivity contribution is 5.52. The van der Waals surface area contributed by atoms with Gasteiger partial charge in [0.05, 0.1) is 12.2 Å². The Balaban J connectivity index is 2.96. The maximum Gasteiger partial charge on any atom is 0.178 e. The predicted molar refractivity (Wildman–Crippen MR) is 61.5 cm³/mol. The van der Waals surface area contributed by atoms with Crippen LogP contribution in [0.5, 0.6) is 11.5 Å². The second kappa shape index (κ2) is 5.99. The predicted octanol–water partition coefficient (Wildman–Crippen LogP) is 1.68. The van der Waals surface area contributed by atoms with Gasteiger partial charge >= 0.3 is 0 Å². The van der Waals surface area contributed by atoms with E-state index in [0.717, 1.165) is 0 Å². The number of nitrogens with two attached hydrogens (primary N) is 1. The average Bonchev–Trinajstić information content (AvgIpc) is 2.27. The number of nitriles is 1. The summed E-state index contributed by atoms with van der Waals surface area (Å²) in [5.74, 6) is 1.06. The SMILES string of the molecule is CCOc1cccc(C#N)c1OCC(C)N. The van der Waals surface area contributed by atoms with Crippen molar-refractivity contribution in [3.05, 3.63) is 23.8 Å². The Kier molecular flexibility index (Phi) is 4.62. The number of hydrogen-bond donors (Lipinski definition) is 1. The van der Waals surface area contributed by atoms with Crippen molar-refractivity contribution < 1.29 is 9.47 Å². The van der Waals surface area contributed by atoms with Crippen molar-refractivity contribution in [1.82, 2.24) is 0 Å². The summed E-state index contributed by atoms with van der Waals surface area (Å²) < 4.78 is 10.9. The van der Waals surface area contributed by atoms with Gasteiger partial charge in [-0.2, -0.15) is 5.26 Å². The van der Waals surface area contributed by atoms with Gasteiger partial charge in [0.1, 0.15) is 12.7 Å². The van der Waals surface area contributed by atoms with Gasteiger partial charge in [-0.25, -0.2) is 0 Å². The third kappa shape index (κ3) is 3.14. The van der Waals surface area contributed by atoms with E-state index in [-0.39, 0.29) is 6.04 Å². The summed E-state index contributed by atoms with van der Waals surface area (Å²) in [6.45, 7) is 4.62. The normalized spacial score (nSPS) is 11.6. The van der Waals surface area contributed by atoms with Gasteiger partial charge in [-0.15, -0.1) is 0 Å². The third-order valence-corrected chi connectivity index (χ3v) is 1.89. The zero-order valence-electron chi connectivity index (χ0n) is 9.56. The van der Waals surface area contributed by atoms with Crippen molar-refractivity contribution in [1.29, 1.82) is 5.26 Å². The number of ether oxygens (including phenoxy) is 2. The highest BCUT2D eigenvalue weighted by atomic mass is 16.5. The second-order valence-corrected chi connectivity index (χ2v) is 3.47. The van der Waals surface area contributed by atoms with Crippen molar-refractivity contribution in [3.8, 4) is 17.6 Å². The molecule has 1 atom stereocenters. The van der Waals surface area contributed by atoms with E-state index in [4.69, 9.17) is 20.5 Å². The van der Waals surface area contributed by atoms with Gasteiger partial charge in [-0.05, 0) is 26.0 Å². The van der Waals surface area contributed by atoms with Crippen molar-refractivity contribution in [2.75, 3.05) is 13.2 Å². The summed E-state index contributed by atoms with van der Waals surface area (Å²) in [6.07, 6.45) is 0. The molecule has 0 spiro atoms. The molecule has 0 saturated carbocycles. The monoisotopic (exact) mass is 220 g/mol. The van der Waals surface area contributed by atoms with Crippen LogP contribution in [-0.2, 0) is 0 Å². The molecule has 0 bridgehead atoms. The number of benzene rings is 1. The van der Waals surface area contributed by atoms with Gasteiger partial charge in [-0.3, -0.25) is 0 Å². The first kappa shape index (κ1) is 12.3. The number of rotatable bonds is 5. The fourth-order valence-electron chi connectivity index (χ4n) is 1.24. The van der Waals surface area contributed by atoms with Crippen molar-refractivity contribution in [2.24, 2.45) is 5.73 Å². The van der Waals surface area contributed by atoms with Crippen molar-refractivity contribution in [3.63, 3.8) is 0 Å². The van der Waals surface area contributed by atoms with Gasteiger partial charge in [0.15, 0.2) is 11.5 Å². The van der Waals surface area contributed by atoms with E-state index in [2.05, 4.69) is 6.07 Å². The first-order chi connectivity index (χ1) is 7.69. The Morgan fingerprint density at radius 1 is 1.44 bits per heavy atom. The summed E-state index contributed by atoms with van der Waals surface area (Å²) in [4.78, 5) is 0. The summed E-state index contributed by atoms with van der Waals surface area (Å²) in [5, 5.41) is 8.96. The molecule has 1 aromatic rings. The standard InChI is InChI=1S/C12H16N2O2/c1-3-15-11-6-4-5-10(7-13)12(11)16-8-9(2)14/h4-6,9H,3,8,14H2,1-2H3. The second-order valence-electron chi connectivity index (χ2n) is 3.47. The fraction of sp³-hybridized carbons (Fsp3) is 0.417. The minimum Gasteiger partial charge on any atom is -0.490 e. The molecule has 16 heavy (non-hydrogen) atoms. The lowest BCUT2D eigenvalue weighted by Gasteiger charge is -2.14. The van der Waals surface area contributed by atoms with Crippen molar-refractivity contribution in [2.45, 2.75) is 19.9 Å². The summed E-state index contributed by atoms with van der Waals surface area (Å²) in [7, 11) is 0. The lowest BCUT2D eigenvalue weighted by molar-refractivity contribution is 0.264. The maximum absolute atomic E-state index is 8.96. The Morgan fingerprint density at radius 3 is 2.75 bits per heavy atom. The van der Waals surface area contributed by atoms with Gasteiger partial charge in [-0.1, -0.05) is 6.07 Å². The first-order valence-electron chi connectivity index (χ1n) is 5.23. The van der Waals surface area contributed by atoms with E-state index in [1.807, 2.05) is 13.8 Å². The summed E-state index contributed by atoms with van der Waals surface area (Å²) in [6, 6.07) is 7.23. The van der Waals surface area contributed by atoms with Gasteiger partial charge in [0.25, 0.3) is 0 Å². The maximum atomic E-state index is 8.96. The third-order valence-electron chi connectivity index (χ3n) is 1.89. The molecule has 4 nitrogen and oxygen atoms in total. The quantitative estimate of drug-likeness (QED) is 0.819. The lowest BCUT2D eigenvalue weighted by Crippen LogP contribution is -2.24. The zero-order chi connectivity index (χ0) is 12.0. The topological polar surface area (TPSA) is 68.3 Å². The zero-order valence-corrected chi connectivity index (χ0v) is 9.56. The molecule has 4 heteroatoms. The van der Waals surface area contributed by atoms with Crippen LogP contribution < -0.4 is 15.2 Å². The minimum absolute atomic E-state index is 0.0822. The molecule has 1 rings (SSSR count). The molecular weight excluding hydrogens is 204 g/mol. The smallest absolute Gasteiger partial charge is 0.178 e. The average molecular weight is 220 g/mol. The van der Waals surface area contributed by atoms with Gasteiger partial charge in [0, 0.05) is 6.04 Å². The molecule has 0 aliphatic rings. The van der Waals surface area contributed by atoms with Crippen LogP contribution in [0.3, 0.4) is 0 Å². The highest BCUT2D eigenvalue weighted by Crippen LogP contribution is 2.30. The molecule has 0 aliphatic heterocycles. The Morgan fingerprint density at radius 2 is 2.19 bits per heavy atom. The van der Waals surface area contributed by atoms with Crippen LogP contribution in [0.25, 0.3) is 0 Å². The molecule has 0 heterocycles. The van der Waals surface area contributed by atoms with Crippen LogP contribution in [-0.4, -0.2) is 19.3 Å². The first-order valence-corrected chi connectivity index (χ1v) is 5.23. The largest absolute Gasteiger partial charge is 0.490 e. The summed E-state index contributed by atoms with van der Waals surface area (Å²) >= 11 is 0. The minimum atomic E-state index is -0.0822. The van der Waals surface area contributed by atoms with Crippen molar-refractivity contribution >= 4 is 0 Å². The Hall–Kier alpha value is -1.73. The molecule has 1 aromatic carbocycles. The van der Waals surface area contributed by atoms with Crippen LogP contribution in [0.2, 0.25) is 0 Å². The number of hydrogen-bond acceptors (Lipinski definition) is 4. The number of para-hydroxylation sites is 1. The molecule has 86 valence electrons. The Bertz CT molecular complexity index is 383. The Labute approximate surface area is 95.6 Å². The van der Waals surface area contributed by atoms with E-state index in [1.54, 1.807) is 18.2 Å². The molecule has 0 amide bonds. The van der Waals surface area contributed by atoms with E-state index in [0.29, 0.717) is 30.3 Å². The van der Waals surface area contributed by atoms with E-state index in [1.165, 1.54) is 0 Å². The van der Waals surface area contributed by atoms with Gasteiger partial charge in [0.2, 0.25) is 0 Å². The molecule has 0 saturated heterocycles. The molecule has 0 radical (unpaired) electrons. The molecule has 1 unspecified atom stereocenters. The summed E-state index contributed by atoms with van der Waals surface area (Å²) in [5.41, 5.74) is 6.07. The molecule has 2 N–H and O–H groups in total. The molecular formula is C12H16N2O2. The van der Waals surface area contributed by atoms with Crippen LogP contribution in [0, 0.1) is 11.3 Å². The van der Waals surface area contributed by atoms with Crippen LogP contribution in [0.1, 0.15) is 19.4 Å². The van der Waals surface area contributed by atoms with Gasteiger partial charge < -0.3 is 15.2 Å². The van der Waals surface area contributed by atoms with Crippen LogP contribution in [0.15, 0.2) is 18.2 Å². The molecule has 0 aliphatic carbocycles. The van der Waals surface area contributed by atoms with E-state index < -0.39 is 0 Å². The lowest BCUT2D eigenvalue weighted by atomic mass is 10.2. The van der Waals surface area contributed by atoms with Crippen LogP contribution >= 0.6 is 0 Å². The number of nitrogens with zero attached hydrogens (tertiary/aromatic N) is 1. The van der Waals surface area contributed by atoms with Crippen LogP contribution in [0.4, 0.5) is 0 Å². The van der Waals surface area contributed by atoms with E-state index in [9.17, 15) is 0 Å². The molecule has 0 aromatic heterocycles. The van der Waals surface area contributed by atoms with E-state index >= 15 is 0 Å². The fourth-order valence-corrected chi connectivity index (χ4v) is 1.24.